The van der Waals surface area contributed by atoms with Gasteiger partial charge in [0, 0.05) is 26.3 Å². The molecule has 3 heterocycles. The lowest BCUT2D eigenvalue weighted by molar-refractivity contribution is 0.189. The van der Waals surface area contributed by atoms with Gasteiger partial charge in [0.05, 0.1) is 6.10 Å². The molecular formula is C12H16N4O3S. The number of hydrogen-bond acceptors (Lipinski definition) is 5. The van der Waals surface area contributed by atoms with E-state index in [-0.39, 0.29) is 11.6 Å². The lowest BCUT2D eigenvalue weighted by Gasteiger charge is -2.16. The molecule has 0 aromatic carbocycles. The Hall–Kier alpha value is -1.64. The van der Waals surface area contributed by atoms with Crippen LogP contribution in [0.2, 0.25) is 0 Å². The zero-order valence-electron chi connectivity index (χ0n) is 11.0. The summed E-state index contributed by atoms with van der Waals surface area (Å²) in [7, 11) is -2.05. The molecular weight excluding hydrogens is 280 g/mol. The lowest BCUT2D eigenvalue weighted by atomic mass is 10.3. The van der Waals surface area contributed by atoms with Crippen LogP contribution in [0.4, 0.5) is 5.82 Å². The highest BCUT2D eigenvalue weighted by Gasteiger charge is 2.35. The molecule has 8 heteroatoms. The van der Waals surface area contributed by atoms with Crippen LogP contribution in [0.15, 0.2) is 29.4 Å². The minimum absolute atomic E-state index is 0.115. The Balaban J connectivity index is 2.17. The normalized spacial score (nSPS) is 20.6. The van der Waals surface area contributed by atoms with E-state index in [2.05, 4.69) is 10.3 Å². The number of imidazole rings is 1. The van der Waals surface area contributed by atoms with E-state index in [9.17, 15) is 13.5 Å². The number of aliphatic hydroxyl groups is 1. The summed E-state index contributed by atoms with van der Waals surface area (Å²) in [6.45, 7) is 0.457. The van der Waals surface area contributed by atoms with Gasteiger partial charge in [-0.2, -0.15) is 4.31 Å². The van der Waals surface area contributed by atoms with Crippen molar-refractivity contribution in [1.82, 2.24) is 13.7 Å². The van der Waals surface area contributed by atoms with Gasteiger partial charge in [0.25, 0.3) is 10.0 Å². The van der Waals surface area contributed by atoms with Crippen LogP contribution in [-0.4, -0.2) is 53.5 Å². The van der Waals surface area contributed by atoms with Crippen LogP contribution >= 0.6 is 0 Å². The SMILES string of the molecule is CNc1nc2ccccn2c1S(=O)(=O)N1CCC(O)C1. The van der Waals surface area contributed by atoms with Gasteiger partial charge in [0.1, 0.15) is 5.65 Å². The number of anilines is 1. The third kappa shape index (κ3) is 1.96. The monoisotopic (exact) mass is 296 g/mol. The standard InChI is InChI=1S/C12H16N4O3S/c1-13-11-12(16-6-3-2-4-10(16)14-11)20(18,19)15-7-5-9(17)8-15/h2-4,6,9,13,17H,5,7-8H2,1H3. The van der Waals surface area contributed by atoms with Gasteiger partial charge in [-0.05, 0) is 18.6 Å². The van der Waals surface area contributed by atoms with Crippen LogP contribution in [0, 0.1) is 0 Å². The quantitative estimate of drug-likeness (QED) is 0.841. The number of nitrogens with zero attached hydrogens (tertiary/aromatic N) is 3. The summed E-state index contributed by atoms with van der Waals surface area (Å²) in [5.41, 5.74) is 0.565. The Morgan fingerprint density at radius 3 is 2.90 bits per heavy atom. The molecule has 1 fully saturated rings. The number of hydrogen-bond donors (Lipinski definition) is 2. The van der Waals surface area contributed by atoms with Crippen molar-refractivity contribution in [2.24, 2.45) is 0 Å². The second-order valence-corrected chi connectivity index (χ2v) is 6.60. The van der Waals surface area contributed by atoms with Crippen molar-refractivity contribution in [3.8, 4) is 0 Å². The van der Waals surface area contributed by atoms with Crippen LogP contribution < -0.4 is 5.32 Å². The van der Waals surface area contributed by atoms with Crippen molar-refractivity contribution in [3.05, 3.63) is 24.4 Å². The van der Waals surface area contributed by atoms with E-state index in [1.807, 2.05) is 0 Å². The Morgan fingerprint density at radius 1 is 1.45 bits per heavy atom. The summed E-state index contributed by atoms with van der Waals surface area (Å²) in [4.78, 5) is 4.27. The van der Waals surface area contributed by atoms with Gasteiger partial charge in [0.15, 0.2) is 10.8 Å². The van der Waals surface area contributed by atoms with Crippen LogP contribution in [0.1, 0.15) is 6.42 Å². The number of rotatable bonds is 3. The number of nitrogens with one attached hydrogen (secondary N) is 1. The molecule has 1 saturated heterocycles. The number of pyridine rings is 1. The molecule has 1 aliphatic rings. The maximum atomic E-state index is 12.7. The van der Waals surface area contributed by atoms with E-state index < -0.39 is 16.1 Å². The molecule has 2 aromatic rings. The fraction of sp³-hybridized carbons (Fsp3) is 0.417. The molecule has 20 heavy (non-hydrogen) atoms. The predicted octanol–water partition coefficient (Wildman–Crippen LogP) is 0.131. The van der Waals surface area contributed by atoms with Crippen LogP contribution in [-0.2, 0) is 10.0 Å². The van der Waals surface area contributed by atoms with Crippen LogP contribution in [0.25, 0.3) is 5.65 Å². The first-order chi connectivity index (χ1) is 9.54. The second-order valence-electron chi connectivity index (χ2n) is 4.75. The molecule has 0 aliphatic carbocycles. The molecule has 108 valence electrons. The first-order valence-corrected chi connectivity index (χ1v) is 7.81. The number of sulfonamides is 1. The van der Waals surface area contributed by atoms with E-state index in [0.717, 1.165) is 0 Å². The average Bonchev–Trinajstić information content (AvgIpc) is 3.02. The molecule has 0 spiro atoms. The fourth-order valence-corrected chi connectivity index (χ4v) is 4.19. The minimum atomic E-state index is -3.69. The highest BCUT2D eigenvalue weighted by molar-refractivity contribution is 7.89. The highest BCUT2D eigenvalue weighted by atomic mass is 32.2. The Labute approximate surface area is 116 Å². The summed E-state index contributed by atoms with van der Waals surface area (Å²) in [5, 5.41) is 12.5. The maximum absolute atomic E-state index is 12.7. The molecule has 1 atom stereocenters. The summed E-state index contributed by atoms with van der Waals surface area (Å²) >= 11 is 0. The van der Waals surface area contributed by atoms with E-state index in [1.54, 1.807) is 35.8 Å². The van der Waals surface area contributed by atoms with Crippen molar-refractivity contribution >= 4 is 21.5 Å². The Kier molecular flexibility index (Phi) is 3.15. The molecule has 0 radical (unpaired) electrons. The number of fused-ring (bicyclic) bond motifs is 1. The van der Waals surface area contributed by atoms with Crippen molar-refractivity contribution in [1.29, 1.82) is 0 Å². The molecule has 2 N–H and O–H groups in total. The summed E-state index contributed by atoms with van der Waals surface area (Å²) in [6, 6.07) is 5.31. The molecule has 3 rings (SSSR count). The zero-order valence-corrected chi connectivity index (χ0v) is 11.8. The zero-order chi connectivity index (χ0) is 14.3. The van der Waals surface area contributed by atoms with Gasteiger partial charge in [-0.15, -0.1) is 0 Å². The van der Waals surface area contributed by atoms with E-state index in [4.69, 9.17) is 0 Å². The molecule has 0 amide bonds. The van der Waals surface area contributed by atoms with Gasteiger partial charge in [0.2, 0.25) is 0 Å². The predicted molar refractivity (Wildman–Crippen MR) is 74.1 cm³/mol. The van der Waals surface area contributed by atoms with Crippen molar-refractivity contribution in [2.45, 2.75) is 17.6 Å². The van der Waals surface area contributed by atoms with Crippen molar-refractivity contribution < 1.29 is 13.5 Å². The summed E-state index contributed by atoms with van der Waals surface area (Å²) in [6.07, 6.45) is 1.54. The van der Waals surface area contributed by atoms with Crippen molar-refractivity contribution in [3.63, 3.8) is 0 Å². The first-order valence-electron chi connectivity index (χ1n) is 6.37. The first kappa shape index (κ1) is 13.3. The Morgan fingerprint density at radius 2 is 2.25 bits per heavy atom. The summed E-state index contributed by atoms with van der Waals surface area (Å²) in [5.74, 6) is 0.317. The van der Waals surface area contributed by atoms with Crippen LogP contribution in [0.3, 0.4) is 0 Å². The fourth-order valence-electron chi connectivity index (χ4n) is 2.43. The highest BCUT2D eigenvalue weighted by Crippen LogP contribution is 2.27. The third-order valence-electron chi connectivity index (χ3n) is 3.43. The van der Waals surface area contributed by atoms with E-state index in [0.29, 0.717) is 24.4 Å². The van der Waals surface area contributed by atoms with E-state index in [1.165, 1.54) is 4.31 Å². The topological polar surface area (TPSA) is 86.9 Å². The largest absolute Gasteiger partial charge is 0.392 e. The molecule has 1 aliphatic heterocycles. The molecule has 2 aromatic heterocycles. The number of aliphatic hydroxyl groups excluding tert-OH is 1. The smallest absolute Gasteiger partial charge is 0.262 e. The third-order valence-corrected chi connectivity index (χ3v) is 5.32. The minimum Gasteiger partial charge on any atom is -0.392 e. The number of aromatic nitrogens is 2. The van der Waals surface area contributed by atoms with E-state index >= 15 is 0 Å². The second kappa shape index (κ2) is 4.72. The molecule has 0 bridgehead atoms. The molecule has 7 nitrogen and oxygen atoms in total. The van der Waals surface area contributed by atoms with Gasteiger partial charge < -0.3 is 10.4 Å². The average molecular weight is 296 g/mol. The van der Waals surface area contributed by atoms with Gasteiger partial charge in [-0.25, -0.2) is 13.4 Å². The van der Waals surface area contributed by atoms with Crippen LogP contribution in [0.5, 0.6) is 0 Å². The lowest BCUT2D eigenvalue weighted by Crippen LogP contribution is -2.31. The summed E-state index contributed by atoms with van der Waals surface area (Å²) < 4.78 is 28.3. The molecule has 1 unspecified atom stereocenters. The van der Waals surface area contributed by atoms with Gasteiger partial charge in [-0.3, -0.25) is 4.40 Å². The maximum Gasteiger partial charge on any atom is 0.262 e. The number of β-amino-alcohol motifs (C(OH)–C–C–N with tert-alkyl or cyclic N) is 1. The van der Waals surface area contributed by atoms with Gasteiger partial charge >= 0.3 is 0 Å². The van der Waals surface area contributed by atoms with Gasteiger partial charge in [-0.1, -0.05) is 6.07 Å². The Bertz CT molecular complexity index is 740. The molecule has 0 saturated carbocycles. The van der Waals surface area contributed by atoms with Crippen molar-refractivity contribution in [2.75, 3.05) is 25.5 Å².